The highest BCUT2D eigenvalue weighted by Gasteiger charge is 2.29. The van der Waals surface area contributed by atoms with E-state index in [1.165, 1.54) is 87.1 Å². The zero-order chi connectivity index (χ0) is 24.4. The predicted octanol–water partition coefficient (Wildman–Crippen LogP) is -11.8. The lowest BCUT2D eigenvalue weighted by molar-refractivity contribution is 0.715. The molecule has 1 aliphatic carbocycles. The Balaban J connectivity index is 2.85. The maximum Gasteiger partial charge on any atom is 0.141 e. The maximum absolute atomic E-state index is 2.70. The number of rotatable bonds is 2. The first-order valence-corrected chi connectivity index (χ1v) is 12.0. The number of aromatic nitrogens is 1. The summed E-state index contributed by atoms with van der Waals surface area (Å²) in [5.74, 6) is 0. The van der Waals surface area contributed by atoms with Crippen LogP contribution < -0.4 is 32.4 Å². The van der Waals surface area contributed by atoms with Gasteiger partial charge in [0.1, 0.15) is 94.2 Å². The average Bonchev–Trinajstić information content (AvgIpc) is 3.17. The molecule has 0 aliphatic heterocycles. The molecule has 13 heteroatoms. The Hall–Kier alpha value is -1.50. The van der Waals surface area contributed by atoms with E-state index in [4.69, 9.17) is 0 Å². The fourth-order valence-corrected chi connectivity index (χ4v) is 5.64. The first kappa shape index (κ1) is 25.1. The molecule has 3 rings (SSSR count). The van der Waals surface area contributed by atoms with Gasteiger partial charge in [0, 0.05) is 10.9 Å². The van der Waals surface area contributed by atoms with Gasteiger partial charge in [-0.2, -0.15) is 0 Å². The summed E-state index contributed by atoms with van der Waals surface area (Å²) in [6.45, 7) is 4.52. The van der Waals surface area contributed by atoms with Crippen molar-refractivity contribution in [2.24, 2.45) is 0 Å². The fraction of sp³-hybridized carbons (Fsp3) is 0.158. The van der Waals surface area contributed by atoms with Gasteiger partial charge in [-0.3, -0.25) is 0 Å². The second-order valence-corrected chi connectivity index (χ2v) is 10.6. The van der Waals surface area contributed by atoms with Gasteiger partial charge in [-0.15, -0.1) is 27.4 Å². The third-order valence-electron chi connectivity index (χ3n) is 8.61. The van der Waals surface area contributed by atoms with Gasteiger partial charge in [0.2, 0.25) is 0 Å². The molecule has 0 fully saturated rings. The van der Waals surface area contributed by atoms with Crippen molar-refractivity contribution in [1.29, 1.82) is 0 Å². The molecule has 0 N–H and O–H groups in total. The zero-order valence-corrected chi connectivity index (χ0v) is 23.0. The molecule has 0 atom stereocenters. The lowest BCUT2D eigenvalue weighted by atomic mass is 9.64. The second kappa shape index (κ2) is 8.69. The third-order valence-corrected chi connectivity index (χ3v) is 8.61. The number of allylic oxidation sites excluding steroid dienone is 6. The second-order valence-electron chi connectivity index (χ2n) is 10.6. The van der Waals surface area contributed by atoms with Crippen LogP contribution in [-0.2, 0) is 0 Å². The summed E-state index contributed by atoms with van der Waals surface area (Å²) < 4.78 is 2.70. The third kappa shape index (κ3) is 3.50. The van der Waals surface area contributed by atoms with Gasteiger partial charge in [-0.05, 0) is 10.6 Å². The van der Waals surface area contributed by atoms with Crippen molar-refractivity contribution >= 4 is 138 Å². The lowest BCUT2D eigenvalue weighted by Crippen LogP contribution is -2.49. The van der Waals surface area contributed by atoms with Crippen molar-refractivity contribution in [3.63, 3.8) is 0 Å². The Morgan fingerprint density at radius 2 is 1.16 bits per heavy atom. The quantitative estimate of drug-likeness (QED) is 0.440. The Morgan fingerprint density at radius 1 is 0.688 bits per heavy atom. The fourth-order valence-electron chi connectivity index (χ4n) is 5.64. The van der Waals surface area contributed by atoms with Crippen LogP contribution in [0.4, 0.5) is 0 Å². The van der Waals surface area contributed by atoms with Crippen LogP contribution in [0.5, 0.6) is 0 Å². The van der Waals surface area contributed by atoms with E-state index < -0.39 is 0 Å². The van der Waals surface area contributed by atoms with Crippen molar-refractivity contribution < 1.29 is 0 Å². The Morgan fingerprint density at radius 3 is 1.59 bits per heavy atom. The first-order valence-electron chi connectivity index (χ1n) is 12.0. The monoisotopic (exact) mass is 405 g/mol. The van der Waals surface area contributed by atoms with Gasteiger partial charge in [-0.1, -0.05) is 52.1 Å². The van der Waals surface area contributed by atoms with Gasteiger partial charge >= 0.3 is 0 Å². The topological polar surface area (TPSA) is 4.93 Å². The Bertz CT molecular complexity index is 1370. The molecule has 1 heterocycles. The van der Waals surface area contributed by atoms with E-state index >= 15 is 0 Å². The summed E-state index contributed by atoms with van der Waals surface area (Å²) in [5, 5.41) is 4.29. The molecule has 0 bridgehead atoms. The molecule has 2 aromatic rings. The van der Waals surface area contributed by atoms with Crippen LogP contribution in [0.2, 0.25) is 0 Å². The SMILES string of the molecule is BC1=C(B)C(n2c(=C(\B)C)/c(=C(B)\C(B)=C(\B)C)c3c(B)c(B)c(B)c(B)c32)C(B)=C1B. The van der Waals surface area contributed by atoms with Gasteiger partial charge in [0.25, 0.3) is 0 Å². The lowest BCUT2D eigenvalue weighted by Gasteiger charge is -2.24. The molecule has 0 amide bonds. The Kier molecular flexibility index (Phi) is 6.83. The summed E-state index contributed by atoms with van der Waals surface area (Å²) in [6.07, 6.45) is 0. The van der Waals surface area contributed by atoms with E-state index in [2.05, 4.69) is 113 Å². The van der Waals surface area contributed by atoms with Gasteiger partial charge < -0.3 is 4.57 Å². The van der Waals surface area contributed by atoms with Crippen molar-refractivity contribution in [2.75, 3.05) is 0 Å². The average molecular weight is 403 g/mol. The molecule has 1 nitrogen and oxygen atoms in total. The van der Waals surface area contributed by atoms with Crippen LogP contribution in [-0.4, -0.2) is 98.7 Å². The molecule has 1 aliphatic rings. The van der Waals surface area contributed by atoms with Crippen LogP contribution in [0, 0.1) is 0 Å². The largest absolute Gasteiger partial charge is 0.332 e. The highest BCUT2D eigenvalue weighted by atomic mass is 15.0. The van der Waals surface area contributed by atoms with E-state index in [-0.39, 0.29) is 6.04 Å². The van der Waals surface area contributed by atoms with Crippen molar-refractivity contribution in [1.82, 2.24) is 4.57 Å². The molecule has 0 spiro atoms. The van der Waals surface area contributed by atoms with E-state index in [0.717, 1.165) is 0 Å². The summed E-state index contributed by atoms with van der Waals surface area (Å²) >= 11 is 0. The van der Waals surface area contributed by atoms with E-state index in [9.17, 15) is 0 Å². The van der Waals surface area contributed by atoms with Crippen molar-refractivity contribution in [3.05, 3.63) is 43.4 Å². The molecular formula is C19H31B12N. The highest BCUT2D eigenvalue weighted by Crippen LogP contribution is 2.35. The Labute approximate surface area is 205 Å². The first-order chi connectivity index (χ1) is 14.7. The summed E-state index contributed by atoms with van der Waals surface area (Å²) in [7, 11) is 27.6. The number of benzene rings is 1. The van der Waals surface area contributed by atoms with Crippen LogP contribution in [0.1, 0.15) is 19.9 Å². The van der Waals surface area contributed by atoms with Gasteiger partial charge in [0.05, 0.1) is 6.04 Å². The minimum Gasteiger partial charge on any atom is -0.332 e. The number of hydrogen-bond donors (Lipinski definition) is 0. The van der Waals surface area contributed by atoms with E-state index in [1.807, 2.05) is 0 Å². The molecule has 0 radical (unpaired) electrons. The minimum absolute atomic E-state index is 0.288. The minimum atomic E-state index is 0.288. The smallest absolute Gasteiger partial charge is 0.141 e. The predicted molar refractivity (Wildman–Crippen MR) is 181 cm³/mol. The molecule has 1 aromatic carbocycles. The molecule has 0 saturated heterocycles. The van der Waals surface area contributed by atoms with Crippen LogP contribution >= 0.6 is 0 Å². The molecule has 1 aromatic heterocycles. The van der Waals surface area contributed by atoms with Gasteiger partial charge in [0.15, 0.2) is 0 Å². The summed E-state index contributed by atoms with van der Waals surface area (Å²) in [6, 6.07) is 0.288. The molecule has 32 heavy (non-hydrogen) atoms. The van der Waals surface area contributed by atoms with Crippen molar-refractivity contribution in [3.8, 4) is 0 Å². The van der Waals surface area contributed by atoms with Crippen LogP contribution in [0.25, 0.3) is 21.8 Å². The number of nitrogens with zero attached hydrogens (tertiary/aromatic N) is 1. The summed E-state index contributed by atoms with van der Waals surface area (Å²) in [4.78, 5) is 0. The molecule has 148 valence electrons. The van der Waals surface area contributed by atoms with Gasteiger partial charge in [-0.25, -0.2) is 0 Å². The van der Waals surface area contributed by atoms with Crippen molar-refractivity contribution in [2.45, 2.75) is 19.9 Å². The normalized spacial score (nSPS) is 17.8. The maximum atomic E-state index is 2.70. The van der Waals surface area contributed by atoms with Crippen LogP contribution in [0.3, 0.4) is 0 Å². The number of fused-ring (bicyclic) bond motifs is 1. The van der Waals surface area contributed by atoms with Crippen LogP contribution in [0.15, 0.2) is 32.8 Å². The standard InChI is InChI=1S/C19H31B12N/c1-3(20)7(22)8(23)5-6-9(24)10(25)11(26)14(29)18(6)32(17(5)4(2)21)19-15(30)12(27)13(28)16(19)31/h19H,20-31H2,1-2H3/b7-3-,8-5+,17-4-. The number of hydrogen-bond acceptors (Lipinski definition) is 0. The molecule has 0 saturated carbocycles. The molecular weight excluding hydrogens is 372 g/mol. The van der Waals surface area contributed by atoms with E-state index in [0.29, 0.717) is 0 Å². The van der Waals surface area contributed by atoms with E-state index in [1.54, 1.807) is 0 Å². The highest BCUT2D eigenvalue weighted by molar-refractivity contribution is 6.67. The molecule has 0 unspecified atom stereocenters. The summed E-state index contributed by atoms with van der Waals surface area (Å²) in [5.41, 5.74) is 18.6. The zero-order valence-electron chi connectivity index (χ0n) is 23.0.